The Morgan fingerprint density at radius 1 is 0.967 bits per heavy atom. The van der Waals surface area contributed by atoms with Crippen LogP contribution >= 0.6 is 0 Å². The summed E-state index contributed by atoms with van der Waals surface area (Å²) in [5.74, 6) is -0.341. The van der Waals surface area contributed by atoms with Crippen molar-refractivity contribution >= 4 is 23.3 Å². The quantitative estimate of drug-likeness (QED) is 0.510. The zero-order valence-electron chi connectivity index (χ0n) is 18.2. The normalized spacial score (nSPS) is 12.0. The van der Waals surface area contributed by atoms with Crippen molar-refractivity contribution in [3.63, 3.8) is 0 Å². The monoisotopic (exact) mass is 411 g/mol. The van der Waals surface area contributed by atoms with Crippen molar-refractivity contribution in [3.8, 4) is 5.75 Å². The third-order valence-electron chi connectivity index (χ3n) is 4.53. The molecule has 0 aliphatic heterocycles. The van der Waals surface area contributed by atoms with Crippen LogP contribution in [0.1, 0.15) is 57.0 Å². The Labute approximate surface area is 177 Å². The van der Waals surface area contributed by atoms with Crippen molar-refractivity contribution in [2.24, 2.45) is 0 Å². The first-order valence-electron chi connectivity index (χ1n) is 9.91. The van der Waals surface area contributed by atoms with Gasteiger partial charge in [0.15, 0.2) is 11.9 Å². The number of esters is 1. The summed E-state index contributed by atoms with van der Waals surface area (Å²) in [5.41, 5.74) is 2.34. The molecule has 0 heterocycles. The molecule has 0 saturated heterocycles. The molecule has 0 spiro atoms. The van der Waals surface area contributed by atoms with Crippen LogP contribution in [0.3, 0.4) is 0 Å². The van der Waals surface area contributed by atoms with Gasteiger partial charge in [-0.05, 0) is 61.2 Å². The highest BCUT2D eigenvalue weighted by atomic mass is 16.5. The molecular formula is C24H29NO5. The third kappa shape index (κ3) is 7.03. The van der Waals surface area contributed by atoms with E-state index in [0.717, 1.165) is 0 Å². The van der Waals surface area contributed by atoms with Crippen LogP contribution in [0.5, 0.6) is 5.75 Å². The molecule has 0 aromatic heterocycles. The van der Waals surface area contributed by atoms with Gasteiger partial charge in [0.1, 0.15) is 5.75 Å². The molecule has 0 fully saturated rings. The first kappa shape index (κ1) is 23.1. The molecule has 1 amide bonds. The smallest absolute Gasteiger partial charge is 0.310 e. The second-order valence-electron chi connectivity index (χ2n) is 8.13. The highest BCUT2D eigenvalue weighted by Gasteiger charge is 2.18. The molecule has 6 heteroatoms. The second-order valence-corrected chi connectivity index (χ2v) is 8.13. The van der Waals surface area contributed by atoms with Gasteiger partial charge in [0, 0.05) is 11.3 Å². The van der Waals surface area contributed by atoms with Crippen LogP contribution in [0.15, 0.2) is 48.5 Å². The Morgan fingerprint density at radius 2 is 1.57 bits per heavy atom. The van der Waals surface area contributed by atoms with Crippen LogP contribution in [0, 0.1) is 0 Å². The number of carbonyl (C=O) groups is 3. The van der Waals surface area contributed by atoms with E-state index in [9.17, 15) is 14.4 Å². The van der Waals surface area contributed by atoms with Crippen molar-refractivity contribution in [2.75, 3.05) is 11.9 Å². The van der Waals surface area contributed by atoms with Crippen molar-refractivity contribution in [1.29, 1.82) is 0 Å². The molecule has 0 aliphatic rings. The average Bonchev–Trinajstić information content (AvgIpc) is 2.68. The highest BCUT2D eigenvalue weighted by molar-refractivity contribution is 5.97. The maximum absolute atomic E-state index is 12.2. The number of anilines is 1. The predicted octanol–water partition coefficient (Wildman–Crippen LogP) is 4.53. The fraction of sp³-hybridized carbons (Fsp3) is 0.375. The van der Waals surface area contributed by atoms with E-state index in [1.165, 1.54) is 19.4 Å². The lowest BCUT2D eigenvalue weighted by molar-refractivity contribution is -0.153. The van der Waals surface area contributed by atoms with E-state index in [2.05, 4.69) is 26.1 Å². The van der Waals surface area contributed by atoms with E-state index >= 15 is 0 Å². The lowest BCUT2D eigenvalue weighted by Crippen LogP contribution is -2.30. The molecule has 6 nitrogen and oxygen atoms in total. The SMILES string of the molecule is CC(=O)c1ccc(NC(=O)[C@@H](C)OC(=O)CCOc2ccc(C(C)(C)C)cc2)cc1. The van der Waals surface area contributed by atoms with Crippen LogP contribution in [0.4, 0.5) is 5.69 Å². The average molecular weight is 411 g/mol. The Morgan fingerprint density at radius 3 is 2.10 bits per heavy atom. The fourth-order valence-corrected chi connectivity index (χ4v) is 2.65. The molecule has 0 radical (unpaired) electrons. The van der Waals surface area contributed by atoms with Crippen LogP contribution in [-0.2, 0) is 19.7 Å². The van der Waals surface area contributed by atoms with E-state index in [0.29, 0.717) is 17.0 Å². The lowest BCUT2D eigenvalue weighted by Gasteiger charge is -2.19. The minimum Gasteiger partial charge on any atom is -0.493 e. The van der Waals surface area contributed by atoms with Crippen LogP contribution in [0.25, 0.3) is 0 Å². The summed E-state index contributed by atoms with van der Waals surface area (Å²) in [6, 6.07) is 14.3. The molecule has 2 aromatic carbocycles. The van der Waals surface area contributed by atoms with E-state index in [4.69, 9.17) is 9.47 Å². The van der Waals surface area contributed by atoms with Crippen LogP contribution in [0.2, 0.25) is 0 Å². The molecule has 0 bridgehead atoms. The number of benzene rings is 2. The molecular weight excluding hydrogens is 382 g/mol. The number of Topliss-reactive ketones (excluding diaryl/α,β-unsaturated/α-hetero) is 1. The number of carbonyl (C=O) groups excluding carboxylic acids is 3. The van der Waals surface area contributed by atoms with E-state index in [-0.39, 0.29) is 24.2 Å². The zero-order chi connectivity index (χ0) is 22.3. The molecule has 0 unspecified atom stereocenters. The Kier molecular flexibility index (Phi) is 7.75. The summed E-state index contributed by atoms with van der Waals surface area (Å²) >= 11 is 0. The number of ether oxygens (including phenoxy) is 2. The van der Waals surface area contributed by atoms with Gasteiger partial charge in [-0.15, -0.1) is 0 Å². The van der Waals surface area contributed by atoms with Crippen molar-refractivity contribution in [2.45, 2.75) is 52.6 Å². The van der Waals surface area contributed by atoms with Gasteiger partial charge in [0.05, 0.1) is 13.0 Å². The highest BCUT2D eigenvalue weighted by Crippen LogP contribution is 2.24. The van der Waals surface area contributed by atoms with Gasteiger partial charge in [0.25, 0.3) is 5.91 Å². The molecule has 160 valence electrons. The van der Waals surface area contributed by atoms with Crippen molar-refractivity contribution < 1.29 is 23.9 Å². The fourth-order valence-electron chi connectivity index (χ4n) is 2.65. The first-order valence-corrected chi connectivity index (χ1v) is 9.91. The molecule has 30 heavy (non-hydrogen) atoms. The molecule has 1 atom stereocenters. The van der Waals surface area contributed by atoms with E-state index in [1.54, 1.807) is 24.3 Å². The van der Waals surface area contributed by atoms with Gasteiger partial charge in [-0.1, -0.05) is 32.9 Å². The minimum atomic E-state index is -0.948. The predicted molar refractivity (Wildman–Crippen MR) is 116 cm³/mol. The summed E-state index contributed by atoms with van der Waals surface area (Å²) in [6.07, 6.45) is -0.914. The van der Waals surface area contributed by atoms with Gasteiger partial charge in [0.2, 0.25) is 0 Å². The summed E-state index contributed by atoms with van der Waals surface area (Å²) in [4.78, 5) is 35.5. The maximum Gasteiger partial charge on any atom is 0.310 e. The van der Waals surface area contributed by atoms with E-state index in [1.807, 2.05) is 24.3 Å². The topological polar surface area (TPSA) is 81.7 Å². The molecule has 2 aromatic rings. The van der Waals surface area contributed by atoms with E-state index < -0.39 is 18.0 Å². The van der Waals surface area contributed by atoms with Gasteiger partial charge in [-0.25, -0.2) is 0 Å². The molecule has 0 saturated carbocycles. The number of hydrogen-bond donors (Lipinski definition) is 1. The summed E-state index contributed by atoms with van der Waals surface area (Å²) in [5, 5.41) is 2.65. The Hall–Kier alpha value is -3.15. The molecule has 1 N–H and O–H groups in total. The number of hydrogen-bond acceptors (Lipinski definition) is 5. The summed E-state index contributed by atoms with van der Waals surface area (Å²) in [7, 11) is 0. The largest absolute Gasteiger partial charge is 0.493 e. The summed E-state index contributed by atoms with van der Waals surface area (Å²) in [6.45, 7) is 9.55. The van der Waals surface area contributed by atoms with Crippen LogP contribution < -0.4 is 10.1 Å². The van der Waals surface area contributed by atoms with Gasteiger partial charge >= 0.3 is 5.97 Å². The Bertz CT molecular complexity index is 879. The second kappa shape index (κ2) is 10.1. The van der Waals surface area contributed by atoms with Gasteiger partial charge in [-0.2, -0.15) is 0 Å². The molecule has 0 aliphatic carbocycles. The molecule has 2 rings (SSSR count). The number of ketones is 1. The minimum absolute atomic E-state index is 0.0337. The number of rotatable bonds is 8. The van der Waals surface area contributed by atoms with Gasteiger partial charge < -0.3 is 14.8 Å². The number of amides is 1. The van der Waals surface area contributed by atoms with Crippen LogP contribution in [-0.4, -0.2) is 30.4 Å². The third-order valence-corrected chi connectivity index (χ3v) is 4.53. The summed E-state index contributed by atoms with van der Waals surface area (Å²) < 4.78 is 10.7. The van der Waals surface area contributed by atoms with Crippen molar-refractivity contribution in [3.05, 3.63) is 59.7 Å². The first-order chi connectivity index (χ1) is 14.1. The maximum atomic E-state index is 12.2. The Balaban J connectivity index is 1.75. The van der Waals surface area contributed by atoms with Crippen molar-refractivity contribution in [1.82, 2.24) is 0 Å². The standard InChI is InChI=1S/C24H29NO5/c1-16(26)18-6-10-20(11-7-18)25-23(28)17(2)30-22(27)14-15-29-21-12-8-19(9-13-21)24(3,4)5/h6-13,17H,14-15H2,1-5H3,(H,25,28)/t17-/m1/s1. The van der Waals surface area contributed by atoms with Gasteiger partial charge in [-0.3, -0.25) is 14.4 Å². The lowest BCUT2D eigenvalue weighted by atomic mass is 9.87. The number of nitrogens with one attached hydrogen (secondary N) is 1. The zero-order valence-corrected chi connectivity index (χ0v) is 18.2.